The van der Waals surface area contributed by atoms with Crippen LogP contribution in [0.1, 0.15) is 16.3 Å². The molecule has 2 rings (SSSR count). The summed E-state index contributed by atoms with van der Waals surface area (Å²) in [4.78, 5) is 11.9. The predicted molar refractivity (Wildman–Crippen MR) is 77.8 cm³/mol. The fourth-order valence-electron chi connectivity index (χ4n) is 1.65. The second-order valence-electron chi connectivity index (χ2n) is 3.96. The lowest BCUT2D eigenvalue weighted by atomic mass is 10.3. The second kappa shape index (κ2) is 5.87. The van der Waals surface area contributed by atoms with Crippen molar-refractivity contribution >= 4 is 40.4 Å². The van der Waals surface area contributed by atoms with Crippen molar-refractivity contribution in [2.75, 3.05) is 11.9 Å². The summed E-state index contributed by atoms with van der Waals surface area (Å²) in [5.41, 5.74) is 0.937. The van der Waals surface area contributed by atoms with Crippen LogP contribution < -0.4 is 4.90 Å². The van der Waals surface area contributed by atoms with Crippen molar-refractivity contribution in [1.82, 2.24) is 9.97 Å². The van der Waals surface area contributed by atoms with Crippen LogP contribution in [0.2, 0.25) is 4.34 Å². The Balaban J connectivity index is 2.22. The molecule has 6 heteroatoms. The van der Waals surface area contributed by atoms with Crippen molar-refractivity contribution in [3.63, 3.8) is 0 Å². The van der Waals surface area contributed by atoms with E-state index in [1.165, 1.54) is 4.88 Å². The van der Waals surface area contributed by atoms with Gasteiger partial charge < -0.3 is 4.90 Å². The van der Waals surface area contributed by atoms with Gasteiger partial charge in [0.1, 0.15) is 11.6 Å². The highest BCUT2D eigenvalue weighted by Crippen LogP contribution is 2.25. The molecule has 0 atom stereocenters. The van der Waals surface area contributed by atoms with Crippen LogP contribution in [0.3, 0.4) is 0 Å². The molecule has 18 heavy (non-hydrogen) atoms. The zero-order valence-electron chi connectivity index (χ0n) is 10.2. The molecule has 0 radical (unpaired) electrons. The molecule has 0 N–H and O–H groups in total. The molecule has 0 aromatic carbocycles. The SMILES string of the molecule is Cc1ncc(CCl)c(N(C)Cc2ccc(Cl)s2)n1. The van der Waals surface area contributed by atoms with Crippen molar-refractivity contribution in [1.29, 1.82) is 0 Å². The second-order valence-corrected chi connectivity index (χ2v) is 6.03. The minimum Gasteiger partial charge on any atom is -0.354 e. The summed E-state index contributed by atoms with van der Waals surface area (Å²) in [6.45, 7) is 2.63. The van der Waals surface area contributed by atoms with Crippen LogP contribution in [0.5, 0.6) is 0 Å². The number of anilines is 1. The van der Waals surface area contributed by atoms with E-state index < -0.39 is 0 Å². The Hall–Kier alpha value is -0.840. The Morgan fingerprint density at radius 1 is 1.39 bits per heavy atom. The van der Waals surface area contributed by atoms with Gasteiger partial charge in [0.15, 0.2) is 0 Å². The number of hydrogen-bond donors (Lipinski definition) is 0. The number of thiophene rings is 1. The molecule has 0 aliphatic heterocycles. The van der Waals surface area contributed by atoms with Gasteiger partial charge in [-0.25, -0.2) is 9.97 Å². The monoisotopic (exact) mass is 301 g/mol. The quantitative estimate of drug-likeness (QED) is 0.803. The summed E-state index contributed by atoms with van der Waals surface area (Å²) in [5, 5.41) is 0. The Morgan fingerprint density at radius 2 is 2.17 bits per heavy atom. The highest BCUT2D eigenvalue weighted by atomic mass is 35.5. The lowest BCUT2D eigenvalue weighted by Gasteiger charge is -2.19. The van der Waals surface area contributed by atoms with Gasteiger partial charge in [-0.2, -0.15) is 0 Å². The van der Waals surface area contributed by atoms with Crippen molar-refractivity contribution in [2.24, 2.45) is 0 Å². The van der Waals surface area contributed by atoms with E-state index in [1.54, 1.807) is 17.5 Å². The van der Waals surface area contributed by atoms with E-state index in [2.05, 4.69) is 14.9 Å². The largest absolute Gasteiger partial charge is 0.354 e. The van der Waals surface area contributed by atoms with Gasteiger partial charge in [0, 0.05) is 23.7 Å². The van der Waals surface area contributed by atoms with E-state index >= 15 is 0 Å². The normalized spacial score (nSPS) is 10.7. The third-order valence-electron chi connectivity index (χ3n) is 2.49. The predicted octanol–water partition coefficient (Wildman–Crippen LogP) is 3.88. The number of aromatic nitrogens is 2. The molecular weight excluding hydrogens is 289 g/mol. The smallest absolute Gasteiger partial charge is 0.136 e. The first-order valence-electron chi connectivity index (χ1n) is 5.44. The molecule has 0 aliphatic carbocycles. The molecule has 0 saturated heterocycles. The Kier molecular flexibility index (Phi) is 4.43. The van der Waals surface area contributed by atoms with Crippen molar-refractivity contribution in [2.45, 2.75) is 19.3 Å². The molecule has 0 amide bonds. The van der Waals surface area contributed by atoms with Crippen LogP contribution >= 0.6 is 34.5 Å². The van der Waals surface area contributed by atoms with Gasteiger partial charge in [-0.05, 0) is 19.1 Å². The maximum Gasteiger partial charge on any atom is 0.136 e. The molecule has 3 nitrogen and oxygen atoms in total. The summed E-state index contributed by atoms with van der Waals surface area (Å²) in [6, 6.07) is 3.93. The van der Waals surface area contributed by atoms with Crippen molar-refractivity contribution in [3.05, 3.63) is 38.9 Å². The van der Waals surface area contributed by atoms with Crippen LogP contribution in [-0.2, 0) is 12.4 Å². The number of alkyl halides is 1. The summed E-state index contributed by atoms with van der Waals surface area (Å²) >= 11 is 13.4. The maximum absolute atomic E-state index is 5.93. The number of hydrogen-bond acceptors (Lipinski definition) is 4. The minimum atomic E-state index is 0.408. The minimum absolute atomic E-state index is 0.408. The molecule has 2 aromatic rings. The van der Waals surface area contributed by atoms with E-state index in [4.69, 9.17) is 23.2 Å². The van der Waals surface area contributed by atoms with Crippen LogP contribution in [0.25, 0.3) is 0 Å². The standard InChI is InChI=1S/C12H13Cl2N3S/c1-8-15-6-9(5-13)12(16-8)17(2)7-10-3-4-11(14)18-10/h3-4,6H,5,7H2,1-2H3. The van der Waals surface area contributed by atoms with E-state index in [9.17, 15) is 0 Å². The van der Waals surface area contributed by atoms with Gasteiger partial charge in [-0.3, -0.25) is 0 Å². The average Bonchev–Trinajstić information content (AvgIpc) is 2.74. The lowest BCUT2D eigenvalue weighted by Crippen LogP contribution is -2.19. The average molecular weight is 302 g/mol. The van der Waals surface area contributed by atoms with Gasteiger partial charge >= 0.3 is 0 Å². The van der Waals surface area contributed by atoms with E-state index in [1.807, 2.05) is 26.1 Å². The number of nitrogens with zero attached hydrogens (tertiary/aromatic N) is 3. The molecule has 2 heterocycles. The van der Waals surface area contributed by atoms with E-state index in [0.29, 0.717) is 5.88 Å². The highest BCUT2D eigenvalue weighted by Gasteiger charge is 2.11. The first kappa shape index (κ1) is 13.6. The van der Waals surface area contributed by atoms with Gasteiger partial charge in [-0.15, -0.1) is 22.9 Å². The molecule has 0 saturated carbocycles. The van der Waals surface area contributed by atoms with Crippen molar-refractivity contribution < 1.29 is 0 Å². The van der Waals surface area contributed by atoms with Crippen LogP contribution in [0.15, 0.2) is 18.3 Å². The summed E-state index contributed by atoms with van der Waals surface area (Å²) in [7, 11) is 1.99. The number of halogens is 2. The van der Waals surface area contributed by atoms with Gasteiger partial charge in [0.05, 0.1) is 16.8 Å². The zero-order valence-corrected chi connectivity index (χ0v) is 12.5. The van der Waals surface area contributed by atoms with Gasteiger partial charge in [0.25, 0.3) is 0 Å². The fraction of sp³-hybridized carbons (Fsp3) is 0.333. The highest BCUT2D eigenvalue weighted by molar-refractivity contribution is 7.16. The molecule has 0 unspecified atom stereocenters. The first-order valence-corrected chi connectivity index (χ1v) is 7.17. The number of aryl methyl sites for hydroxylation is 1. The van der Waals surface area contributed by atoms with Gasteiger partial charge in [0.2, 0.25) is 0 Å². The Bertz CT molecular complexity index is 542. The Labute approximate surface area is 120 Å². The lowest BCUT2D eigenvalue weighted by molar-refractivity contribution is 0.877. The summed E-state index contributed by atoms with van der Waals surface area (Å²) in [5.74, 6) is 2.03. The maximum atomic E-state index is 5.93. The number of rotatable bonds is 4. The Morgan fingerprint density at radius 3 is 2.78 bits per heavy atom. The van der Waals surface area contributed by atoms with Crippen LogP contribution in [0.4, 0.5) is 5.82 Å². The van der Waals surface area contributed by atoms with Crippen molar-refractivity contribution in [3.8, 4) is 0 Å². The van der Waals surface area contributed by atoms with Crippen LogP contribution in [0, 0.1) is 6.92 Å². The molecular formula is C12H13Cl2N3S. The summed E-state index contributed by atoms with van der Waals surface area (Å²) < 4.78 is 0.801. The molecule has 0 fully saturated rings. The topological polar surface area (TPSA) is 29.0 Å². The third kappa shape index (κ3) is 3.13. The van der Waals surface area contributed by atoms with E-state index in [0.717, 1.165) is 28.1 Å². The first-order chi connectivity index (χ1) is 8.60. The van der Waals surface area contributed by atoms with Crippen LogP contribution in [-0.4, -0.2) is 17.0 Å². The van der Waals surface area contributed by atoms with E-state index in [-0.39, 0.29) is 0 Å². The van der Waals surface area contributed by atoms with Gasteiger partial charge in [-0.1, -0.05) is 11.6 Å². The molecule has 0 bridgehead atoms. The molecule has 96 valence electrons. The fourth-order valence-corrected chi connectivity index (χ4v) is 2.98. The third-order valence-corrected chi connectivity index (χ3v) is 3.99. The summed E-state index contributed by atoms with van der Waals surface area (Å²) in [6.07, 6.45) is 1.78. The molecule has 0 aliphatic rings. The zero-order chi connectivity index (χ0) is 13.1. The molecule has 0 spiro atoms. The molecule has 2 aromatic heterocycles.